The molecule has 2 saturated heterocycles. The van der Waals surface area contributed by atoms with Gasteiger partial charge >= 0.3 is 17.1 Å². The Kier molecular flexibility index (Phi) is 15.2. The van der Waals surface area contributed by atoms with Crippen molar-refractivity contribution in [2.24, 2.45) is 20.4 Å². The van der Waals surface area contributed by atoms with E-state index in [2.05, 4.69) is 40.8 Å². The molecule has 0 bridgehead atoms. The van der Waals surface area contributed by atoms with Gasteiger partial charge in [0.05, 0.1) is 38.9 Å². The standard InChI is InChI=1S/C16H30N8O2S2.Cu/c27-15(17-3-5-23-7-11-25-12-8-23)21-19-1-2-20-22-16(28)18-4-6-24-9-13-26-14-10-24;/h1-2H,3-14H2,(H2,17,21,27)(H2,18,22,28);/q;+2/p-2/b19-1+,20-2+;. The van der Waals surface area contributed by atoms with Crippen molar-refractivity contribution in [2.75, 3.05) is 78.8 Å². The summed E-state index contributed by atoms with van der Waals surface area (Å²) in [4.78, 5) is 4.63. The predicted octanol–water partition coefficient (Wildman–Crippen LogP) is -1.40. The van der Waals surface area contributed by atoms with Gasteiger partial charge in [-0.15, -0.1) is 0 Å². The molecule has 0 spiro atoms. The predicted molar refractivity (Wildman–Crippen MR) is 117 cm³/mol. The van der Waals surface area contributed by atoms with Crippen LogP contribution in [-0.4, -0.2) is 111 Å². The average Bonchev–Trinajstić information content (AvgIpc) is 2.72. The molecule has 2 aliphatic heterocycles. The molecule has 0 aromatic heterocycles. The van der Waals surface area contributed by atoms with E-state index in [1.54, 1.807) is 0 Å². The first kappa shape index (κ1) is 26.1. The van der Waals surface area contributed by atoms with Crippen molar-refractivity contribution in [3.8, 4) is 0 Å². The van der Waals surface area contributed by atoms with E-state index in [-0.39, 0.29) is 17.1 Å². The van der Waals surface area contributed by atoms with E-state index >= 15 is 0 Å². The molecule has 0 unspecified atom stereocenters. The van der Waals surface area contributed by atoms with Gasteiger partial charge in [0, 0.05) is 52.4 Å². The molecular weight excluding hydrogens is 464 g/mol. The zero-order valence-electron chi connectivity index (χ0n) is 16.3. The second-order valence-corrected chi connectivity index (χ2v) is 6.87. The number of nitrogens with zero attached hydrogens (tertiary/aromatic N) is 6. The Hall–Kier alpha value is -0.921. The Bertz CT molecular complexity index is 505. The summed E-state index contributed by atoms with van der Waals surface area (Å²) in [7, 11) is 0. The summed E-state index contributed by atoms with van der Waals surface area (Å²) >= 11 is 10.2. The first-order valence-corrected chi connectivity index (χ1v) is 10.2. The van der Waals surface area contributed by atoms with Crippen LogP contribution in [-0.2, 0) is 51.8 Å². The van der Waals surface area contributed by atoms with Gasteiger partial charge in [-0.25, -0.2) is 0 Å². The Labute approximate surface area is 193 Å². The van der Waals surface area contributed by atoms with Crippen molar-refractivity contribution in [3.63, 3.8) is 0 Å². The van der Waals surface area contributed by atoms with Crippen LogP contribution in [0, 0.1) is 0 Å². The smallest absolute Gasteiger partial charge is 0.741 e. The summed E-state index contributed by atoms with van der Waals surface area (Å²) in [5.41, 5.74) is 0. The number of rotatable bonds is 9. The summed E-state index contributed by atoms with van der Waals surface area (Å²) in [6.07, 6.45) is 2.82. The third-order valence-electron chi connectivity index (χ3n) is 4.11. The van der Waals surface area contributed by atoms with Gasteiger partial charge in [-0.2, -0.15) is 20.4 Å². The number of amidine groups is 2. The molecule has 1 radical (unpaired) electrons. The first-order chi connectivity index (χ1) is 13.7. The quantitative estimate of drug-likeness (QED) is 0.134. The van der Waals surface area contributed by atoms with Crippen LogP contribution in [0.25, 0.3) is 0 Å². The maximum absolute atomic E-state index is 5.31. The normalized spacial score (nSPS) is 20.1. The first-order valence-electron chi connectivity index (χ1n) is 9.36. The van der Waals surface area contributed by atoms with E-state index in [0.717, 1.165) is 78.8 Å². The van der Waals surface area contributed by atoms with Crippen molar-refractivity contribution in [1.82, 2.24) is 20.4 Å². The second-order valence-electron chi connectivity index (χ2n) is 6.10. The van der Waals surface area contributed by atoms with Crippen molar-refractivity contribution in [3.05, 3.63) is 0 Å². The topological polar surface area (TPSA) is 98.4 Å². The molecule has 0 aliphatic carbocycles. The number of hydrogen-bond donors (Lipinski definition) is 2. The second kappa shape index (κ2) is 16.8. The summed E-state index contributed by atoms with van der Waals surface area (Å²) in [5, 5.41) is 22.2. The van der Waals surface area contributed by atoms with Crippen molar-refractivity contribution >= 4 is 48.0 Å². The van der Waals surface area contributed by atoms with Crippen LogP contribution in [0.1, 0.15) is 0 Å². The number of ether oxygens (including phenoxy) is 2. The Balaban J connectivity index is 0.00000420. The molecule has 2 fully saturated rings. The summed E-state index contributed by atoms with van der Waals surface area (Å²) < 4.78 is 10.6. The minimum atomic E-state index is 0. The van der Waals surface area contributed by atoms with E-state index in [9.17, 15) is 0 Å². The Morgan fingerprint density at radius 2 is 1.14 bits per heavy atom. The maximum atomic E-state index is 5.31. The van der Waals surface area contributed by atoms with Gasteiger partial charge in [0.25, 0.3) is 0 Å². The summed E-state index contributed by atoms with van der Waals surface area (Å²) in [6, 6.07) is 0. The zero-order chi connectivity index (χ0) is 19.9. The fraction of sp³-hybridized carbons (Fsp3) is 0.750. The van der Waals surface area contributed by atoms with E-state index in [1.165, 1.54) is 12.4 Å². The monoisotopic (exact) mass is 491 g/mol. The van der Waals surface area contributed by atoms with Crippen LogP contribution in [0.15, 0.2) is 20.4 Å². The molecule has 2 rings (SSSR count). The van der Waals surface area contributed by atoms with Gasteiger partial charge in [0.15, 0.2) is 0 Å². The summed E-state index contributed by atoms with van der Waals surface area (Å²) in [5.74, 6) is 0. The molecule has 0 aromatic rings. The molecule has 29 heavy (non-hydrogen) atoms. The zero-order valence-corrected chi connectivity index (χ0v) is 18.8. The van der Waals surface area contributed by atoms with E-state index in [1.807, 2.05) is 0 Å². The van der Waals surface area contributed by atoms with Crippen LogP contribution in [0.2, 0.25) is 0 Å². The summed E-state index contributed by atoms with van der Waals surface area (Å²) in [6.45, 7) is 10.2. The van der Waals surface area contributed by atoms with E-state index < -0.39 is 0 Å². The van der Waals surface area contributed by atoms with Gasteiger partial charge in [0.1, 0.15) is 0 Å². The number of morpholine rings is 2. The van der Waals surface area contributed by atoms with E-state index in [4.69, 9.17) is 34.7 Å². The van der Waals surface area contributed by atoms with E-state index in [0.29, 0.717) is 10.3 Å². The van der Waals surface area contributed by atoms with Crippen LogP contribution >= 0.6 is 0 Å². The minimum absolute atomic E-state index is 0. The molecule has 0 aromatic carbocycles. The fourth-order valence-electron chi connectivity index (χ4n) is 2.59. The molecule has 2 aliphatic rings. The number of nitrogens with one attached hydrogen (secondary N) is 2. The molecular formula is C16H28CuN8O2S2. The maximum Gasteiger partial charge on any atom is 2.00 e. The molecule has 167 valence electrons. The molecule has 10 nitrogen and oxygen atoms in total. The van der Waals surface area contributed by atoms with Gasteiger partial charge in [-0.1, -0.05) is 0 Å². The fourth-order valence-corrected chi connectivity index (χ4v) is 2.89. The van der Waals surface area contributed by atoms with Gasteiger partial charge in [0.2, 0.25) is 0 Å². The minimum Gasteiger partial charge on any atom is -0.741 e. The molecule has 2 heterocycles. The molecule has 0 saturated carbocycles. The molecule has 13 heteroatoms. The van der Waals surface area contributed by atoms with Crippen LogP contribution < -0.4 is 10.6 Å². The Morgan fingerprint density at radius 3 is 1.52 bits per heavy atom. The van der Waals surface area contributed by atoms with Crippen LogP contribution in [0.5, 0.6) is 0 Å². The van der Waals surface area contributed by atoms with Crippen LogP contribution in [0.3, 0.4) is 0 Å². The SMILES string of the molecule is [Cu+2].[S-]\C(=N/N=C/C=N/N=C(\[S-])NCCN1CCOCC1)NCCN1CCOCC1. The molecule has 2 N–H and O–H groups in total. The van der Waals surface area contributed by atoms with Crippen LogP contribution in [0.4, 0.5) is 0 Å². The van der Waals surface area contributed by atoms with Crippen molar-refractivity contribution in [1.29, 1.82) is 0 Å². The van der Waals surface area contributed by atoms with Crippen molar-refractivity contribution < 1.29 is 26.5 Å². The van der Waals surface area contributed by atoms with Gasteiger partial charge < -0.3 is 45.4 Å². The molecule has 0 amide bonds. The third kappa shape index (κ3) is 13.1. The van der Waals surface area contributed by atoms with Gasteiger partial charge in [-0.05, 0) is 10.3 Å². The molecule has 0 atom stereocenters. The van der Waals surface area contributed by atoms with Gasteiger partial charge in [-0.3, -0.25) is 9.80 Å². The third-order valence-corrected chi connectivity index (χ3v) is 4.57. The largest absolute Gasteiger partial charge is 2.00 e. The number of hydrogen-bond acceptors (Lipinski definition) is 10. The van der Waals surface area contributed by atoms with Crippen molar-refractivity contribution in [2.45, 2.75) is 0 Å². The Morgan fingerprint density at radius 1 is 0.759 bits per heavy atom. The average molecular weight is 492 g/mol.